The quantitative estimate of drug-likeness (QED) is 0.500. The van der Waals surface area contributed by atoms with E-state index >= 15 is 0 Å². The molecule has 0 radical (unpaired) electrons. The first-order valence-corrected chi connectivity index (χ1v) is 11.6. The maximum atomic E-state index is 14.1. The van der Waals surface area contributed by atoms with E-state index in [1.807, 2.05) is 54.3 Å². The Morgan fingerprint density at radius 1 is 1.09 bits per heavy atom. The van der Waals surface area contributed by atoms with Gasteiger partial charge < -0.3 is 15.3 Å². The number of hydrogen-bond donors (Lipinski definition) is 3. The summed E-state index contributed by atoms with van der Waals surface area (Å²) in [7, 11) is 3.75. The third-order valence-electron chi connectivity index (χ3n) is 6.17. The van der Waals surface area contributed by atoms with Gasteiger partial charge in [-0.1, -0.05) is 0 Å². The molecular formula is C25H29FN8O. The second kappa shape index (κ2) is 9.95. The zero-order valence-electron chi connectivity index (χ0n) is 19.8. The Kier molecular flexibility index (Phi) is 6.58. The number of aliphatic hydroxyl groups excluding tert-OH is 1. The Morgan fingerprint density at radius 3 is 2.60 bits per heavy atom. The van der Waals surface area contributed by atoms with Gasteiger partial charge in [-0.25, -0.2) is 19.4 Å². The first-order valence-electron chi connectivity index (χ1n) is 11.6. The molecule has 0 saturated carbocycles. The summed E-state index contributed by atoms with van der Waals surface area (Å²) >= 11 is 0. The van der Waals surface area contributed by atoms with Gasteiger partial charge in [0.25, 0.3) is 0 Å². The Labute approximate surface area is 203 Å². The number of rotatable bonds is 6. The van der Waals surface area contributed by atoms with Crippen molar-refractivity contribution in [3.05, 3.63) is 60.5 Å². The number of nitrogens with one attached hydrogen (secondary N) is 2. The van der Waals surface area contributed by atoms with Crippen LogP contribution in [-0.4, -0.2) is 65.9 Å². The molecule has 10 heteroatoms. The molecule has 1 unspecified atom stereocenters. The summed E-state index contributed by atoms with van der Waals surface area (Å²) in [5.41, 5.74) is 7.25. The third kappa shape index (κ3) is 5.40. The molecule has 0 spiro atoms. The van der Waals surface area contributed by atoms with Crippen LogP contribution in [0.25, 0.3) is 11.3 Å². The second-order valence-corrected chi connectivity index (χ2v) is 8.93. The number of likely N-dealkylation sites (tertiary alicyclic amines) is 1. The van der Waals surface area contributed by atoms with Crippen molar-refractivity contribution < 1.29 is 9.50 Å². The molecule has 3 heterocycles. The lowest BCUT2D eigenvalue weighted by atomic mass is 10.1. The van der Waals surface area contributed by atoms with Gasteiger partial charge >= 0.3 is 0 Å². The minimum Gasteiger partial charge on any atom is -0.393 e. The zero-order chi connectivity index (χ0) is 24.4. The lowest BCUT2D eigenvalue weighted by Crippen LogP contribution is -2.50. The molecule has 0 aliphatic carbocycles. The fourth-order valence-electron chi connectivity index (χ4n) is 4.16. The van der Waals surface area contributed by atoms with Gasteiger partial charge in [0.2, 0.25) is 5.95 Å². The van der Waals surface area contributed by atoms with E-state index in [4.69, 9.17) is 0 Å². The van der Waals surface area contributed by atoms with Crippen molar-refractivity contribution in [2.24, 2.45) is 4.99 Å². The Balaban J connectivity index is 1.24. The van der Waals surface area contributed by atoms with Crippen molar-refractivity contribution in [1.29, 1.82) is 0 Å². The van der Waals surface area contributed by atoms with Crippen molar-refractivity contribution in [1.82, 2.24) is 20.3 Å². The standard InChI is InChI=1S/C25H29FN8O/c1-32(2)21-14-17(13-18(26)15-21)23-7-10-27-24(30-23)29-19-3-5-20(6-4-19)34-16-28-25(31-34)33-11-8-22(35)9-12-33/h3-7,10,13-16,22,25,31,35H,8-9,11-12H2,1-2H3,(H,27,29,30). The lowest BCUT2D eigenvalue weighted by Gasteiger charge is -2.33. The number of piperidine rings is 1. The average Bonchev–Trinajstić information content (AvgIpc) is 3.35. The summed E-state index contributed by atoms with van der Waals surface area (Å²) in [4.78, 5) is 17.5. The number of hydrogen-bond acceptors (Lipinski definition) is 9. The van der Waals surface area contributed by atoms with E-state index in [0.29, 0.717) is 17.2 Å². The lowest BCUT2D eigenvalue weighted by molar-refractivity contribution is 0.0569. The normalized spacial score (nSPS) is 18.7. The van der Waals surface area contributed by atoms with E-state index in [1.165, 1.54) is 12.1 Å². The maximum Gasteiger partial charge on any atom is 0.227 e. The Morgan fingerprint density at radius 2 is 1.86 bits per heavy atom. The molecule has 0 amide bonds. The highest BCUT2D eigenvalue weighted by molar-refractivity contribution is 5.80. The topological polar surface area (TPSA) is 92.2 Å². The number of hydrazine groups is 1. The van der Waals surface area contributed by atoms with Crippen LogP contribution < -0.4 is 20.7 Å². The van der Waals surface area contributed by atoms with Crippen LogP contribution in [0.3, 0.4) is 0 Å². The van der Waals surface area contributed by atoms with Gasteiger partial charge in [0.05, 0.1) is 17.5 Å². The number of nitrogens with zero attached hydrogens (tertiary/aromatic N) is 6. The van der Waals surface area contributed by atoms with Crippen molar-refractivity contribution in [3.8, 4) is 11.3 Å². The summed E-state index contributed by atoms with van der Waals surface area (Å²) in [5, 5.41) is 14.8. The van der Waals surface area contributed by atoms with Crippen LogP contribution >= 0.6 is 0 Å². The molecule has 182 valence electrons. The molecule has 0 bridgehead atoms. The average molecular weight is 477 g/mol. The molecule has 1 fully saturated rings. The molecule has 3 N–H and O–H groups in total. The third-order valence-corrected chi connectivity index (χ3v) is 6.17. The summed E-state index contributed by atoms with van der Waals surface area (Å²) in [6.45, 7) is 1.63. The minimum atomic E-state index is -0.311. The molecule has 2 aliphatic heterocycles. The van der Waals surface area contributed by atoms with Gasteiger partial charge in [-0.05, 0) is 61.4 Å². The number of benzene rings is 2. The van der Waals surface area contributed by atoms with Crippen molar-refractivity contribution in [2.75, 3.05) is 42.4 Å². The molecule has 3 aromatic rings. The minimum absolute atomic E-state index is 0.118. The molecule has 2 aliphatic rings. The predicted octanol–water partition coefficient (Wildman–Crippen LogP) is 3.19. The SMILES string of the molecule is CN(C)c1cc(F)cc(-c2ccnc(Nc3ccc(N4C=NC(N5CCC(O)CC5)N4)cc3)n2)c1. The number of aliphatic imine (C=N–C) groups is 1. The maximum absolute atomic E-state index is 14.1. The highest BCUT2D eigenvalue weighted by Crippen LogP contribution is 2.26. The number of halogens is 1. The molecular weight excluding hydrogens is 447 g/mol. The summed E-state index contributed by atoms with van der Waals surface area (Å²) in [5.74, 6) is 0.119. The fourth-order valence-corrected chi connectivity index (χ4v) is 4.16. The van der Waals surface area contributed by atoms with Crippen molar-refractivity contribution in [3.63, 3.8) is 0 Å². The smallest absolute Gasteiger partial charge is 0.227 e. The van der Waals surface area contributed by atoms with Crippen LogP contribution in [0, 0.1) is 5.82 Å². The van der Waals surface area contributed by atoms with E-state index in [2.05, 4.69) is 30.6 Å². The van der Waals surface area contributed by atoms with Crippen molar-refractivity contribution in [2.45, 2.75) is 25.2 Å². The van der Waals surface area contributed by atoms with Crippen LogP contribution in [0.15, 0.2) is 59.7 Å². The first kappa shape index (κ1) is 23.2. The summed E-state index contributed by atoms with van der Waals surface area (Å²) in [6, 6.07) is 14.5. The van der Waals surface area contributed by atoms with Crippen LogP contribution in [-0.2, 0) is 0 Å². The van der Waals surface area contributed by atoms with E-state index in [1.54, 1.807) is 18.6 Å². The van der Waals surface area contributed by atoms with E-state index in [9.17, 15) is 9.50 Å². The number of aliphatic hydroxyl groups is 1. The van der Waals surface area contributed by atoms with Gasteiger partial charge in [-0.2, -0.15) is 5.43 Å². The molecule has 1 atom stereocenters. The molecule has 35 heavy (non-hydrogen) atoms. The highest BCUT2D eigenvalue weighted by Gasteiger charge is 2.27. The predicted molar refractivity (Wildman–Crippen MR) is 136 cm³/mol. The fraction of sp³-hybridized carbons (Fsp3) is 0.320. The molecule has 1 aromatic heterocycles. The van der Waals surface area contributed by atoms with Crippen LogP contribution in [0.4, 0.5) is 27.4 Å². The number of aromatic nitrogens is 2. The highest BCUT2D eigenvalue weighted by atomic mass is 19.1. The zero-order valence-corrected chi connectivity index (χ0v) is 19.8. The molecule has 5 rings (SSSR count). The van der Waals surface area contributed by atoms with Crippen molar-refractivity contribution >= 4 is 29.3 Å². The van der Waals surface area contributed by atoms with Gasteiger partial charge in [0, 0.05) is 50.3 Å². The molecule has 9 nitrogen and oxygen atoms in total. The molecule has 2 aromatic carbocycles. The van der Waals surface area contributed by atoms with Gasteiger partial charge in [0.1, 0.15) is 12.2 Å². The van der Waals surface area contributed by atoms with E-state index < -0.39 is 0 Å². The second-order valence-electron chi connectivity index (χ2n) is 8.93. The first-order chi connectivity index (χ1) is 16.9. The largest absolute Gasteiger partial charge is 0.393 e. The Bertz CT molecular complexity index is 1190. The van der Waals surface area contributed by atoms with Crippen LogP contribution in [0.2, 0.25) is 0 Å². The molecule has 1 saturated heterocycles. The summed E-state index contributed by atoms with van der Waals surface area (Å²) < 4.78 is 14.1. The summed E-state index contributed by atoms with van der Waals surface area (Å²) in [6.07, 6.45) is 4.66. The van der Waals surface area contributed by atoms with Gasteiger partial charge in [-0.3, -0.25) is 9.91 Å². The monoisotopic (exact) mass is 476 g/mol. The van der Waals surface area contributed by atoms with Gasteiger partial charge in [-0.15, -0.1) is 0 Å². The van der Waals surface area contributed by atoms with Crippen LogP contribution in [0.5, 0.6) is 0 Å². The van der Waals surface area contributed by atoms with E-state index in [-0.39, 0.29) is 18.2 Å². The number of anilines is 4. The van der Waals surface area contributed by atoms with E-state index in [0.717, 1.165) is 43.0 Å². The van der Waals surface area contributed by atoms with Gasteiger partial charge in [0.15, 0.2) is 6.29 Å². The Hall–Kier alpha value is -3.60. The van der Waals surface area contributed by atoms with Crippen LogP contribution in [0.1, 0.15) is 12.8 Å².